The SMILES string of the molecule is CCNC(=NCCCNS(=O)(=O)CC)NCCCCC1CCCC1. The Kier molecular flexibility index (Phi) is 11.1. The van der Waals surface area contributed by atoms with Crippen LogP contribution in [0.2, 0.25) is 0 Å². The van der Waals surface area contributed by atoms with E-state index in [0.29, 0.717) is 19.5 Å². The van der Waals surface area contributed by atoms with E-state index >= 15 is 0 Å². The maximum absolute atomic E-state index is 11.3. The lowest BCUT2D eigenvalue weighted by Crippen LogP contribution is -2.38. The van der Waals surface area contributed by atoms with Crippen LogP contribution in [0.3, 0.4) is 0 Å². The fourth-order valence-electron chi connectivity index (χ4n) is 3.01. The quantitative estimate of drug-likeness (QED) is 0.283. The summed E-state index contributed by atoms with van der Waals surface area (Å²) >= 11 is 0. The van der Waals surface area contributed by atoms with Gasteiger partial charge in [0, 0.05) is 26.2 Å². The maximum Gasteiger partial charge on any atom is 0.211 e. The normalized spacial score (nSPS) is 16.5. The number of unbranched alkanes of at least 4 members (excludes halogenated alkanes) is 1. The van der Waals surface area contributed by atoms with Gasteiger partial charge in [0.05, 0.1) is 5.75 Å². The first-order valence-corrected chi connectivity index (χ1v) is 11.2. The summed E-state index contributed by atoms with van der Waals surface area (Å²) in [5.41, 5.74) is 0. The Bertz CT molecular complexity index is 446. The second kappa shape index (κ2) is 12.5. The molecule has 0 amide bonds. The van der Waals surface area contributed by atoms with Crippen molar-refractivity contribution in [2.75, 3.05) is 31.9 Å². The van der Waals surface area contributed by atoms with Crippen molar-refractivity contribution in [2.45, 2.75) is 65.2 Å². The molecule has 7 heteroatoms. The van der Waals surface area contributed by atoms with Gasteiger partial charge in [-0.1, -0.05) is 38.5 Å². The summed E-state index contributed by atoms with van der Waals surface area (Å²) in [6.45, 7) is 6.52. The van der Waals surface area contributed by atoms with Gasteiger partial charge in [-0.25, -0.2) is 13.1 Å². The topological polar surface area (TPSA) is 82.6 Å². The average Bonchev–Trinajstić information content (AvgIpc) is 3.07. The summed E-state index contributed by atoms with van der Waals surface area (Å²) in [4.78, 5) is 4.49. The Hall–Kier alpha value is -0.820. The monoisotopic (exact) mass is 360 g/mol. The number of nitrogens with zero attached hydrogens (tertiary/aromatic N) is 1. The highest BCUT2D eigenvalue weighted by Crippen LogP contribution is 2.28. The molecule has 0 atom stereocenters. The zero-order valence-corrected chi connectivity index (χ0v) is 16.3. The number of aliphatic imine (C=N–C) groups is 1. The fourth-order valence-corrected chi connectivity index (χ4v) is 3.66. The molecule has 6 nitrogen and oxygen atoms in total. The van der Waals surface area contributed by atoms with E-state index in [2.05, 4.69) is 20.3 Å². The van der Waals surface area contributed by atoms with E-state index in [-0.39, 0.29) is 5.75 Å². The molecule has 0 unspecified atom stereocenters. The number of guanidine groups is 1. The lowest BCUT2D eigenvalue weighted by Gasteiger charge is -2.12. The molecule has 0 aromatic carbocycles. The van der Waals surface area contributed by atoms with Crippen LogP contribution in [0.25, 0.3) is 0 Å². The molecule has 0 aliphatic heterocycles. The highest BCUT2D eigenvalue weighted by atomic mass is 32.2. The van der Waals surface area contributed by atoms with E-state index < -0.39 is 10.0 Å². The Labute approximate surface area is 148 Å². The van der Waals surface area contributed by atoms with E-state index in [1.165, 1.54) is 44.9 Å². The van der Waals surface area contributed by atoms with Gasteiger partial charge in [-0.15, -0.1) is 0 Å². The molecule has 24 heavy (non-hydrogen) atoms. The molecule has 1 aliphatic carbocycles. The van der Waals surface area contributed by atoms with Crippen LogP contribution in [0, 0.1) is 5.92 Å². The molecule has 0 saturated heterocycles. The van der Waals surface area contributed by atoms with E-state index in [1.807, 2.05) is 6.92 Å². The van der Waals surface area contributed by atoms with Crippen LogP contribution >= 0.6 is 0 Å². The largest absolute Gasteiger partial charge is 0.357 e. The van der Waals surface area contributed by atoms with Crippen LogP contribution in [0.4, 0.5) is 0 Å². The molecule has 3 N–H and O–H groups in total. The molecule has 142 valence electrons. The summed E-state index contributed by atoms with van der Waals surface area (Å²) in [6, 6.07) is 0. The third-order valence-corrected chi connectivity index (χ3v) is 5.86. The lowest BCUT2D eigenvalue weighted by atomic mass is 10.0. The summed E-state index contributed by atoms with van der Waals surface area (Å²) in [6.07, 6.45) is 10.2. The van der Waals surface area contributed by atoms with Crippen molar-refractivity contribution in [1.82, 2.24) is 15.4 Å². The molecule has 1 aliphatic rings. The van der Waals surface area contributed by atoms with Crippen molar-refractivity contribution in [1.29, 1.82) is 0 Å². The van der Waals surface area contributed by atoms with Crippen molar-refractivity contribution in [2.24, 2.45) is 10.9 Å². The van der Waals surface area contributed by atoms with Crippen molar-refractivity contribution >= 4 is 16.0 Å². The third-order valence-electron chi connectivity index (χ3n) is 4.46. The first-order chi connectivity index (χ1) is 11.6. The number of sulfonamides is 1. The van der Waals surface area contributed by atoms with Crippen molar-refractivity contribution < 1.29 is 8.42 Å². The molecule has 1 saturated carbocycles. The minimum atomic E-state index is -3.09. The Balaban J connectivity index is 2.12. The molecule has 0 aromatic heterocycles. The molecule has 1 fully saturated rings. The van der Waals surface area contributed by atoms with Crippen LogP contribution in [0.15, 0.2) is 4.99 Å². The van der Waals surface area contributed by atoms with Crippen LogP contribution in [-0.4, -0.2) is 46.3 Å². The van der Waals surface area contributed by atoms with Gasteiger partial charge >= 0.3 is 0 Å². The van der Waals surface area contributed by atoms with Gasteiger partial charge in [-0.05, 0) is 32.6 Å². The Morgan fingerprint density at radius 2 is 1.79 bits per heavy atom. The molecule has 0 heterocycles. The summed E-state index contributed by atoms with van der Waals surface area (Å²) < 4.78 is 25.2. The predicted octanol–water partition coefficient (Wildman–Crippen LogP) is 2.23. The van der Waals surface area contributed by atoms with E-state index in [4.69, 9.17) is 0 Å². The predicted molar refractivity (Wildman–Crippen MR) is 102 cm³/mol. The van der Waals surface area contributed by atoms with Gasteiger partial charge in [-0.2, -0.15) is 0 Å². The molecule has 0 radical (unpaired) electrons. The first-order valence-electron chi connectivity index (χ1n) is 9.57. The highest BCUT2D eigenvalue weighted by molar-refractivity contribution is 7.89. The van der Waals surface area contributed by atoms with Crippen molar-refractivity contribution in [3.63, 3.8) is 0 Å². The molecule has 1 rings (SSSR count). The van der Waals surface area contributed by atoms with E-state index in [1.54, 1.807) is 6.92 Å². The molecular formula is C17H36N4O2S. The van der Waals surface area contributed by atoms with Gasteiger partial charge in [-0.3, -0.25) is 4.99 Å². The zero-order chi connectivity index (χ0) is 17.7. The van der Waals surface area contributed by atoms with E-state index in [9.17, 15) is 8.42 Å². The highest BCUT2D eigenvalue weighted by Gasteiger charge is 2.13. The average molecular weight is 361 g/mol. The van der Waals surface area contributed by atoms with Gasteiger partial charge in [0.15, 0.2) is 5.96 Å². The first kappa shape index (κ1) is 21.2. The smallest absolute Gasteiger partial charge is 0.211 e. The lowest BCUT2D eigenvalue weighted by molar-refractivity contribution is 0.472. The maximum atomic E-state index is 11.3. The summed E-state index contributed by atoms with van der Waals surface area (Å²) in [5.74, 6) is 1.93. The Morgan fingerprint density at radius 1 is 1.04 bits per heavy atom. The minimum absolute atomic E-state index is 0.126. The van der Waals surface area contributed by atoms with E-state index in [0.717, 1.165) is 25.0 Å². The number of hydrogen-bond donors (Lipinski definition) is 3. The van der Waals surface area contributed by atoms with Gasteiger partial charge in [0.2, 0.25) is 10.0 Å². The summed E-state index contributed by atoms with van der Waals surface area (Å²) in [7, 11) is -3.09. The van der Waals surface area contributed by atoms with Crippen molar-refractivity contribution in [3.05, 3.63) is 0 Å². The molecule has 0 bridgehead atoms. The van der Waals surface area contributed by atoms with Crippen LogP contribution in [0.5, 0.6) is 0 Å². The minimum Gasteiger partial charge on any atom is -0.357 e. The van der Waals surface area contributed by atoms with Crippen LogP contribution in [-0.2, 0) is 10.0 Å². The number of nitrogens with one attached hydrogen (secondary N) is 3. The second-order valence-electron chi connectivity index (χ2n) is 6.49. The zero-order valence-electron chi connectivity index (χ0n) is 15.4. The summed E-state index contributed by atoms with van der Waals surface area (Å²) in [5, 5.41) is 6.60. The van der Waals surface area contributed by atoms with Gasteiger partial charge < -0.3 is 10.6 Å². The third kappa shape index (κ3) is 10.1. The molecular weight excluding hydrogens is 324 g/mol. The van der Waals surface area contributed by atoms with Crippen LogP contribution in [0.1, 0.15) is 65.2 Å². The fraction of sp³-hybridized carbons (Fsp3) is 0.941. The second-order valence-corrected chi connectivity index (χ2v) is 8.58. The molecule has 0 spiro atoms. The van der Waals surface area contributed by atoms with Crippen molar-refractivity contribution in [3.8, 4) is 0 Å². The van der Waals surface area contributed by atoms with Gasteiger partial charge in [0.25, 0.3) is 0 Å². The Morgan fingerprint density at radius 3 is 2.46 bits per heavy atom. The van der Waals surface area contributed by atoms with Crippen LogP contribution < -0.4 is 15.4 Å². The standard InChI is InChI=1S/C17H36N4O2S/c1-3-18-17(20-14-9-15-21-24(22,23)4-2)19-13-8-7-12-16-10-5-6-11-16/h16,21H,3-15H2,1-2H3,(H2,18,19,20). The number of rotatable bonds is 12. The number of hydrogen-bond acceptors (Lipinski definition) is 3. The van der Waals surface area contributed by atoms with Gasteiger partial charge in [0.1, 0.15) is 0 Å². The molecule has 0 aromatic rings.